The molecule has 0 saturated heterocycles. The quantitative estimate of drug-likeness (QED) is 0.877. The third kappa shape index (κ3) is 2.95. The van der Waals surface area contributed by atoms with Gasteiger partial charge in [0.15, 0.2) is 0 Å². The number of halogens is 1. The van der Waals surface area contributed by atoms with Gasteiger partial charge in [0.1, 0.15) is 5.82 Å². The molecular weight excluding hydrogens is 267 g/mol. The van der Waals surface area contributed by atoms with E-state index in [-0.39, 0.29) is 35.0 Å². The summed E-state index contributed by atoms with van der Waals surface area (Å²) < 4.78 is 13.6. The molecule has 2 rings (SSSR count). The van der Waals surface area contributed by atoms with Crippen LogP contribution in [0.4, 0.5) is 10.1 Å². The lowest BCUT2D eigenvalue weighted by molar-refractivity contribution is -0.127. The Morgan fingerprint density at radius 2 is 2.05 bits per heavy atom. The first-order valence-electron chi connectivity index (χ1n) is 7.56. The van der Waals surface area contributed by atoms with Gasteiger partial charge in [0, 0.05) is 23.2 Å². The number of nitrogens with one attached hydrogen (secondary N) is 1. The number of carbonyl (C=O) groups is 1. The van der Waals surface area contributed by atoms with Crippen molar-refractivity contribution in [2.45, 2.75) is 46.6 Å². The highest BCUT2D eigenvalue weighted by molar-refractivity contribution is 5.93. The fourth-order valence-electron chi connectivity index (χ4n) is 3.28. The molecular formula is C17H25FN2O. The molecule has 116 valence electrons. The number of rotatable bonds is 2. The minimum Gasteiger partial charge on any atom is -0.327 e. The first kappa shape index (κ1) is 16.0. The predicted octanol–water partition coefficient (Wildman–Crippen LogP) is 3.47. The average molecular weight is 292 g/mol. The highest BCUT2D eigenvalue weighted by Gasteiger charge is 2.45. The van der Waals surface area contributed by atoms with Crippen molar-refractivity contribution >= 4 is 11.6 Å². The van der Waals surface area contributed by atoms with Gasteiger partial charge >= 0.3 is 0 Å². The summed E-state index contributed by atoms with van der Waals surface area (Å²) in [4.78, 5) is 12.6. The summed E-state index contributed by atoms with van der Waals surface area (Å²) in [6, 6.07) is 4.89. The van der Waals surface area contributed by atoms with Gasteiger partial charge in [0.2, 0.25) is 5.91 Å². The van der Waals surface area contributed by atoms with E-state index in [0.29, 0.717) is 11.3 Å². The van der Waals surface area contributed by atoms with Crippen LogP contribution in [-0.4, -0.2) is 11.9 Å². The Hall–Kier alpha value is -1.42. The van der Waals surface area contributed by atoms with Gasteiger partial charge in [0.05, 0.1) is 0 Å². The van der Waals surface area contributed by atoms with E-state index < -0.39 is 0 Å². The van der Waals surface area contributed by atoms with Crippen LogP contribution in [0.5, 0.6) is 0 Å². The second-order valence-corrected chi connectivity index (χ2v) is 6.81. The van der Waals surface area contributed by atoms with Gasteiger partial charge in [-0.2, -0.15) is 0 Å². The third-order valence-electron chi connectivity index (χ3n) is 5.34. The molecule has 0 heterocycles. The maximum Gasteiger partial charge on any atom is 0.228 e. The van der Waals surface area contributed by atoms with Crippen LogP contribution in [0.15, 0.2) is 18.2 Å². The summed E-state index contributed by atoms with van der Waals surface area (Å²) in [6.45, 7) is 7.98. The molecule has 0 bridgehead atoms. The Balaban J connectivity index is 2.18. The molecule has 3 unspecified atom stereocenters. The lowest BCUT2D eigenvalue weighted by Gasteiger charge is -2.46. The second-order valence-electron chi connectivity index (χ2n) is 6.81. The van der Waals surface area contributed by atoms with Gasteiger partial charge in [-0.05, 0) is 43.2 Å². The molecule has 1 aliphatic carbocycles. The number of anilines is 1. The number of hydrogen-bond donors (Lipinski definition) is 2. The summed E-state index contributed by atoms with van der Waals surface area (Å²) in [6.07, 6.45) is 1.63. The number of amides is 1. The molecule has 1 aromatic carbocycles. The lowest BCUT2D eigenvalue weighted by Crippen LogP contribution is -2.50. The summed E-state index contributed by atoms with van der Waals surface area (Å²) in [5, 5.41) is 2.89. The highest BCUT2D eigenvalue weighted by Crippen LogP contribution is 2.44. The van der Waals surface area contributed by atoms with Crippen molar-refractivity contribution in [2.24, 2.45) is 23.0 Å². The number of carbonyl (C=O) groups excluding carboxylic acids is 1. The first-order valence-corrected chi connectivity index (χ1v) is 7.56. The van der Waals surface area contributed by atoms with E-state index in [1.807, 2.05) is 0 Å². The van der Waals surface area contributed by atoms with Crippen LogP contribution in [0.3, 0.4) is 0 Å². The number of hydrogen-bond acceptors (Lipinski definition) is 2. The highest BCUT2D eigenvalue weighted by atomic mass is 19.1. The van der Waals surface area contributed by atoms with E-state index in [0.717, 1.165) is 12.8 Å². The predicted molar refractivity (Wildman–Crippen MR) is 83.4 cm³/mol. The van der Waals surface area contributed by atoms with Crippen LogP contribution in [0.2, 0.25) is 0 Å². The Labute approximate surface area is 126 Å². The Morgan fingerprint density at radius 3 is 2.71 bits per heavy atom. The SMILES string of the molecule is Cc1c(F)cccc1NC(=O)C1CCC(N)C(C)C1(C)C. The Kier molecular flexibility index (Phi) is 4.38. The summed E-state index contributed by atoms with van der Waals surface area (Å²) >= 11 is 0. The van der Waals surface area contributed by atoms with E-state index in [4.69, 9.17) is 5.73 Å². The van der Waals surface area contributed by atoms with Crippen molar-refractivity contribution in [3.63, 3.8) is 0 Å². The molecule has 3 nitrogen and oxygen atoms in total. The van der Waals surface area contributed by atoms with Crippen molar-refractivity contribution in [3.05, 3.63) is 29.6 Å². The molecule has 0 aliphatic heterocycles. The zero-order valence-electron chi connectivity index (χ0n) is 13.2. The fraction of sp³-hybridized carbons (Fsp3) is 0.588. The Morgan fingerprint density at radius 1 is 1.38 bits per heavy atom. The van der Waals surface area contributed by atoms with Crippen LogP contribution < -0.4 is 11.1 Å². The van der Waals surface area contributed by atoms with Crippen molar-refractivity contribution in [2.75, 3.05) is 5.32 Å². The van der Waals surface area contributed by atoms with Crippen molar-refractivity contribution in [1.82, 2.24) is 0 Å². The standard InChI is InChI=1S/C17H25FN2O/c1-10-13(18)6-5-7-15(10)20-16(21)12-8-9-14(19)11(2)17(12,3)4/h5-7,11-12,14H,8-9,19H2,1-4H3,(H,20,21). The van der Waals surface area contributed by atoms with E-state index in [9.17, 15) is 9.18 Å². The van der Waals surface area contributed by atoms with Gasteiger partial charge in [-0.1, -0.05) is 26.8 Å². The maximum absolute atomic E-state index is 13.6. The summed E-state index contributed by atoms with van der Waals surface area (Å²) in [5.41, 5.74) is 7.00. The van der Waals surface area contributed by atoms with Crippen LogP contribution in [-0.2, 0) is 4.79 Å². The number of benzene rings is 1. The minimum absolute atomic E-state index is 0.0348. The first-order chi connectivity index (χ1) is 9.75. The second kappa shape index (κ2) is 5.76. The molecule has 0 spiro atoms. The molecule has 0 radical (unpaired) electrons. The minimum atomic E-state index is -0.300. The van der Waals surface area contributed by atoms with Crippen molar-refractivity contribution < 1.29 is 9.18 Å². The van der Waals surface area contributed by atoms with E-state index in [2.05, 4.69) is 26.1 Å². The monoisotopic (exact) mass is 292 g/mol. The molecule has 3 N–H and O–H groups in total. The van der Waals surface area contributed by atoms with E-state index in [1.54, 1.807) is 19.1 Å². The molecule has 1 fully saturated rings. The van der Waals surface area contributed by atoms with E-state index >= 15 is 0 Å². The molecule has 1 amide bonds. The summed E-state index contributed by atoms with van der Waals surface area (Å²) in [7, 11) is 0. The van der Waals surface area contributed by atoms with Gasteiger partial charge in [0.25, 0.3) is 0 Å². The summed E-state index contributed by atoms with van der Waals surface area (Å²) in [5.74, 6) is -0.163. The van der Waals surface area contributed by atoms with Crippen molar-refractivity contribution in [1.29, 1.82) is 0 Å². The topological polar surface area (TPSA) is 55.1 Å². The van der Waals surface area contributed by atoms with E-state index in [1.165, 1.54) is 6.07 Å². The lowest BCUT2D eigenvalue weighted by atomic mass is 9.61. The third-order valence-corrected chi connectivity index (χ3v) is 5.34. The Bertz CT molecular complexity index is 542. The normalized spacial score (nSPS) is 28.2. The molecule has 3 atom stereocenters. The van der Waals surface area contributed by atoms with Crippen LogP contribution in [0.1, 0.15) is 39.2 Å². The van der Waals surface area contributed by atoms with Crippen molar-refractivity contribution in [3.8, 4) is 0 Å². The molecule has 0 aromatic heterocycles. The largest absolute Gasteiger partial charge is 0.327 e. The smallest absolute Gasteiger partial charge is 0.228 e. The zero-order chi connectivity index (χ0) is 15.8. The van der Waals surface area contributed by atoms with Gasteiger partial charge < -0.3 is 11.1 Å². The van der Waals surface area contributed by atoms with Crippen LogP contribution in [0, 0.1) is 30.0 Å². The molecule has 1 aromatic rings. The van der Waals surface area contributed by atoms with Gasteiger partial charge in [-0.3, -0.25) is 4.79 Å². The molecule has 1 saturated carbocycles. The van der Waals surface area contributed by atoms with Gasteiger partial charge in [-0.25, -0.2) is 4.39 Å². The molecule has 21 heavy (non-hydrogen) atoms. The fourth-order valence-corrected chi connectivity index (χ4v) is 3.28. The molecule has 1 aliphatic rings. The average Bonchev–Trinajstić information content (AvgIpc) is 2.41. The van der Waals surface area contributed by atoms with Crippen LogP contribution >= 0.6 is 0 Å². The van der Waals surface area contributed by atoms with Crippen LogP contribution in [0.25, 0.3) is 0 Å². The van der Waals surface area contributed by atoms with Gasteiger partial charge in [-0.15, -0.1) is 0 Å². The maximum atomic E-state index is 13.6. The zero-order valence-corrected chi connectivity index (χ0v) is 13.2. The number of nitrogens with two attached hydrogens (primary N) is 1. The molecule has 4 heteroatoms.